The summed E-state index contributed by atoms with van der Waals surface area (Å²) in [5.41, 5.74) is 0.801. The summed E-state index contributed by atoms with van der Waals surface area (Å²) in [7, 11) is 3.67. The van der Waals surface area contributed by atoms with Crippen molar-refractivity contribution >= 4 is 44.4 Å². The Kier molecular flexibility index (Phi) is 7.29. The van der Waals surface area contributed by atoms with Gasteiger partial charge in [0.05, 0.1) is 15.1 Å². The summed E-state index contributed by atoms with van der Waals surface area (Å²) >= 11 is 1.06. The van der Waals surface area contributed by atoms with E-state index in [1.54, 1.807) is 6.07 Å². The zero-order valence-electron chi connectivity index (χ0n) is 17.6. The minimum Gasteiger partial charge on any atom is -0.406 e. The van der Waals surface area contributed by atoms with Crippen molar-refractivity contribution in [2.75, 3.05) is 32.1 Å². The van der Waals surface area contributed by atoms with Crippen LogP contribution in [-0.4, -0.2) is 54.3 Å². The molecule has 0 fully saturated rings. The lowest BCUT2D eigenvalue weighted by Gasteiger charge is -2.20. The van der Waals surface area contributed by atoms with E-state index in [0.29, 0.717) is 27.5 Å². The van der Waals surface area contributed by atoms with Gasteiger partial charge in [0, 0.05) is 37.4 Å². The van der Waals surface area contributed by atoms with Crippen LogP contribution in [0.4, 0.5) is 24.0 Å². The van der Waals surface area contributed by atoms with Gasteiger partial charge in [-0.2, -0.15) is 0 Å². The van der Waals surface area contributed by atoms with E-state index < -0.39 is 17.2 Å². The molecule has 0 radical (unpaired) electrons. The Labute approximate surface area is 190 Å². The van der Waals surface area contributed by atoms with Crippen LogP contribution in [0.5, 0.6) is 5.75 Å². The van der Waals surface area contributed by atoms with Crippen LogP contribution in [0.3, 0.4) is 0 Å². The first kappa shape index (κ1) is 24.1. The predicted molar refractivity (Wildman–Crippen MR) is 119 cm³/mol. The number of fused-ring (bicyclic) bond motifs is 1. The largest absolute Gasteiger partial charge is 0.573 e. The number of thiazole rings is 1. The molecule has 0 N–H and O–H groups in total. The number of amides is 1. The van der Waals surface area contributed by atoms with Gasteiger partial charge < -0.3 is 9.64 Å². The van der Waals surface area contributed by atoms with Crippen molar-refractivity contribution in [2.24, 2.45) is 0 Å². The minimum atomic E-state index is -4.81. The van der Waals surface area contributed by atoms with Crippen molar-refractivity contribution in [3.05, 3.63) is 64.2 Å². The highest BCUT2D eigenvalue weighted by Crippen LogP contribution is 2.33. The maximum Gasteiger partial charge on any atom is 0.573 e. The number of hydrogen-bond acceptors (Lipinski definition) is 7. The molecular formula is C21H19F3N4O4S. The van der Waals surface area contributed by atoms with Crippen LogP contribution in [0.1, 0.15) is 5.56 Å². The first-order valence-corrected chi connectivity index (χ1v) is 10.4. The molecule has 1 amide bonds. The van der Waals surface area contributed by atoms with E-state index >= 15 is 0 Å². The number of carbonyl (C=O) groups is 1. The first-order valence-electron chi connectivity index (χ1n) is 9.57. The fourth-order valence-corrected chi connectivity index (χ4v) is 3.83. The van der Waals surface area contributed by atoms with E-state index in [-0.39, 0.29) is 18.0 Å². The normalized spacial score (nSPS) is 11.9. The van der Waals surface area contributed by atoms with Gasteiger partial charge in [-0.3, -0.25) is 19.8 Å². The Hall–Kier alpha value is -3.51. The molecule has 3 rings (SSSR count). The lowest BCUT2D eigenvalue weighted by molar-refractivity contribution is -0.384. The molecule has 1 aromatic heterocycles. The molecule has 1 heterocycles. The van der Waals surface area contributed by atoms with E-state index in [0.717, 1.165) is 17.4 Å². The van der Waals surface area contributed by atoms with Crippen molar-refractivity contribution in [2.45, 2.75) is 6.36 Å². The third-order valence-corrected chi connectivity index (χ3v) is 5.39. The fraction of sp³-hybridized carbons (Fsp3) is 0.238. The number of benzene rings is 2. The summed E-state index contributed by atoms with van der Waals surface area (Å²) in [4.78, 5) is 31.0. The highest BCUT2D eigenvalue weighted by Gasteiger charge is 2.31. The monoisotopic (exact) mass is 480 g/mol. The number of aromatic nitrogens is 1. The van der Waals surface area contributed by atoms with E-state index in [2.05, 4.69) is 9.72 Å². The van der Waals surface area contributed by atoms with E-state index in [1.165, 1.54) is 47.4 Å². The highest BCUT2D eigenvalue weighted by molar-refractivity contribution is 7.22. The number of rotatable bonds is 8. The van der Waals surface area contributed by atoms with Gasteiger partial charge in [-0.1, -0.05) is 23.5 Å². The number of nitro groups is 1. The van der Waals surface area contributed by atoms with Gasteiger partial charge in [-0.05, 0) is 37.9 Å². The molecule has 12 heteroatoms. The van der Waals surface area contributed by atoms with E-state index in [4.69, 9.17) is 0 Å². The van der Waals surface area contributed by atoms with Crippen molar-refractivity contribution in [1.82, 2.24) is 9.88 Å². The average Bonchev–Trinajstić information content (AvgIpc) is 3.14. The molecule has 3 aromatic rings. The van der Waals surface area contributed by atoms with Crippen molar-refractivity contribution in [1.29, 1.82) is 0 Å². The van der Waals surface area contributed by atoms with Gasteiger partial charge in [0.25, 0.3) is 11.6 Å². The molecular weight excluding hydrogens is 461 g/mol. The summed E-state index contributed by atoms with van der Waals surface area (Å²) in [6.07, 6.45) is -2.08. The summed E-state index contributed by atoms with van der Waals surface area (Å²) in [5.74, 6) is -0.795. The molecule has 0 aliphatic heterocycles. The first-order chi connectivity index (χ1) is 15.5. The summed E-state index contributed by atoms with van der Waals surface area (Å²) < 4.78 is 41.9. The predicted octanol–water partition coefficient (Wildman–Crippen LogP) is 4.71. The minimum absolute atomic E-state index is 0.0999. The second-order valence-corrected chi connectivity index (χ2v) is 8.16. The second-order valence-electron chi connectivity index (χ2n) is 7.15. The molecule has 0 saturated carbocycles. The quantitative estimate of drug-likeness (QED) is 0.264. The third kappa shape index (κ3) is 6.73. The molecule has 0 saturated heterocycles. The maximum atomic E-state index is 13.0. The van der Waals surface area contributed by atoms with Crippen LogP contribution in [0.25, 0.3) is 16.3 Å². The third-order valence-electron chi connectivity index (χ3n) is 4.35. The Bertz CT molecular complexity index is 1190. The SMILES string of the molecule is CN(C)CCN(C(=O)/C=C/c1cccc([N+](=O)[O-])c1)c1nc2ccc(OC(F)(F)F)cc2s1. The molecule has 0 atom stereocenters. The number of nitrogens with zero attached hydrogens (tertiary/aromatic N) is 4. The number of alkyl halides is 3. The van der Waals surface area contributed by atoms with Gasteiger partial charge in [0.2, 0.25) is 0 Å². The van der Waals surface area contributed by atoms with Gasteiger partial charge >= 0.3 is 6.36 Å². The lowest BCUT2D eigenvalue weighted by Crippen LogP contribution is -2.35. The van der Waals surface area contributed by atoms with Gasteiger partial charge in [-0.15, -0.1) is 13.2 Å². The van der Waals surface area contributed by atoms with E-state index in [9.17, 15) is 28.1 Å². The van der Waals surface area contributed by atoms with Gasteiger partial charge in [-0.25, -0.2) is 4.98 Å². The Morgan fingerprint density at radius 1 is 1.21 bits per heavy atom. The second kappa shape index (κ2) is 9.96. The molecule has 0 spiro atoms. The Morgan fingerprint density at radius 2 is 1.97 bits per heavy atom. The summed E-state index contributed by atoms with van der Waals surface area (Å²) in [5, 5.41) is 11.3. The fourth-order valence-electron chi connectivity index (χ4n) is 2.80. The Morgan fingerprint density at radius 3 is 2.64 bits per heavy atom. The number of anilines is 1. The Balaban J connectivity index is 1.88. The van der Waals surface area contributed by atoms with Crippen LogP contribution >= 0.6 is 11.3 Å². The number of nitro benzene ring substituents is 1. The standard InChI is InChI=1S/C21H19F3N4O4S/c1-26(2)10-11-27(19(29)9-6-14-4-3-5-15(12-14)28(30)31)20-25-17-8-7-16(13-18(17)33-20)32-21(22,23)24/h3-9,12-13H,10-11H2,1-2H3/b9-6+. The number of likely N-dealkylation sites (N-methyl/N-ethyl adjacent to an activating group) is 1. The molecule has 0 unspecified atom stereocenters. The lowest BCUT2D eigenvalue weighted by atomic mass is 10.2. The van der Waals surface area contributed by atoms with Crippen molar-refractivity contribution in [3.8, 4) is 5.75 Å². The molecule has 2 aromatic carbocycles. The van der Waals surface area contributed by atoms with Crippen molar-refractivity contribution < 1.29 is 27.6 Å². The van der Waals surface area contributed by atoms with E-state index in [1.807, 2.05) is 19.0 Å². The van der Waals surface area contributed by atoms with Crippen LogP contribution < -0.4 is 9.64 Å². The molecule has 174 valence electrons. The number of hydrogen-bond donors (Lipinski definition) is 0. The molecule has 8 nitrogen and oxygen atoms in total. The zero-order valence-corrected chi connectivity index (χ0v) is 18.4. The average molecular weight is 480 g/mol. The number of halogens is 3. The smallest absolute Gasteiger partial charge is 0.406 e. The van der Waals surface area contributed by atoms with Gasteiger partial charge in [0.15, 0.2) is 5.13 Å². The molecule has 0 bridgehead atoms. The van der Waals surface area contributed by atoms with Crippen LogP contribution in [0.15, 0.2) is 48.5 Å². The van der Waals surface area contributed by atoms with Crippen LogP contribution in [0.2, 0.25) is 0 Å². The molecule has 0 aliphatic rings. The number of non-ortho nitro benzene ring substituents is 1. The topological polar surface area (TPSA) is 88.8 Å². The molecule has 0 aliphatic carbocycles. The van der Waals surface area contributed by atoms with Gasteiger partial charge in [0.1, 0.15) is 5.75 Å². The summed E-state index contributed by atoms with van der Waals surface area (Å²) in [6.45, 7) is 0.783. The van der Waals surface area contributed by atoms with Crippen LogP contribution in [0, 0.1) is 10.1 Å². The number of carbonyl (C=O) groups excluding carboxylic acids is 1. The number of ether oxygens (including phenoxy) is 1. The van der Waals surface area contributed by atoms with Crippen molar-refractivity contribution in [3.63, 3.8) is 0 Å². The zero-order chi connectivity index (χ0) is 24.2. The van der Waals surface area contributed by atoms with Crippen LogP contribution in [-0.2, 0) is 4.79 Å². The highest BCUT2D eigenvalue weighted by atomic mass is 32.1. The molecule has 33 heavy (non-hydrogen) atoms. The summed E-state index contributed by atoms with van der Waals surface area (Å²) in [6, 6.07) is 9.60. The maximum absolute atomic E-state index is 13.0.